The van der Waals surface area contributed by atoms with Gasteiger partial charge in [-0.15, -0.1) is 0 Å². The summed E-state index contributed by atoms with van der Waals surface area (Å²) in [6.45, 7) is 1.84. The summed E-state index contributed by atoms with van der Waals surface area (Å²) in [5.74, 6) is 0. The summed E-state index contributed by atoms with van der Waals surface area (Å²) >= 11 is 3.33. The molecule has 0 aromatic heterocycles. The van der Waals surface area contributed by atoms with Crippen LogP contribution in [0.15, 0.2) is 27.6 Å². The van der Waals surface area contributed by atoms with Gasteiger partial charge in [-0.25, -0.2) is 13.1 Å². The third-order valence-electron chi connectivity index (χ3n) is 2.87. The van der Waals surface area contributed by atoms with Gasteiger partial charge in [-0.1, -0.05) is 15.9 Å². The van der Waals surface area contributed by atoms with E-state index in [1.165, 1.54) is 0 Å². The van der Waals surface area contributed by atoms with Gasteiger partial charge in [-0.2, -0.15) is 0 Å². The molecule has 6 heteroatoms. The van der Waals surface area contributed by atoms with Crippen molar-refractivity contribution in [3.8, 4) is 0 Å². The predicted molar refractivity (Wildman–Crippen MR) is 68.2 cm³/mol. The fraction of sp³-hybridized carbons (Fsp3) is 0.455. The van der Waals surface area contributed by atoms with E-state index in [-0.39, 0.29) is 17.0 Å². The second kappa shape index (κ2) is 4.68. The number of aryl methyl sites for hydroxylation is 1. The normalized spacial score (nSPS) is 24.4. The van der Waals surface area contributed by atoms with Crippen molar-refractivity contribution < 1.29 is 13.5 Å². The van der Waals surface area contributed by atoms with Crippen molar-refractivity contribution in [3.63, 3.8) is 0 Å². The SMILES string of the molecule is Cc1cc(S(=O)(=O)NC2CC(O)C2)ccc1Br. The number of nitrogens with one attached hydrogen (secondary N) is 1. The molecule has 1 saturated carbocycles. The van der Waals surface area contributed by atoms with Crippen molar-refractivity contribution in [1.29, 1.82) is 0 Å². The van der Waals surface area contributed by atoms with E-state index in [1.807, 2.05) is 6.92 Å². The summed E-state index contributed by atoms with van der Waals surface area (Å²) in [7, 11) is -3.46. The molecule has 17 heavy (non-hydrogen) atoms. The molecule has 0 unspecified atom stereocenters. The summed E-state index contributed by atoms with van der Waals surface area (Å²) in [4.78, 5) is 0.264. The van der Waals surface area contributed by atoms with E-state index in [0.717, 1.165) is 10.0 Å². The van der Waals surface area contributed by atoms with Gasteiger partial charge < -0.3 is 5.11 Å². The van der Waals surface area contributed by atoms with Crippen LogP contribution in [0, 0.1) is 6.92 Å². The molecule has 0 bridgehead atoms. The van der Waals surface area contributed by atoms with Crippen molar-refractivity contribution in [2.24, 2.45) is 0 Å². The number of hydrogen-bond acceptors (Lipinski definition) is 3. The number of aliphatic hydroxyl groups is 1. The molecule has 1 fully saturated rings. The highest BCUT2D eigenvalue weighted by Gasteiger charge is 2.31. The Hall–Kier alpha value is -0.430. The van der Waals surface area contributed by atoms with Gasteiger partial charge >= 0.3 is 0 Å². The fourth-order valence-corrected chi connectivity index (χ4v) is 3.35. The van der Waals surface area contributed by atoms with Crippen molar-refractivity contribution in [3.05, 3.63) is 28.2 Å². The van der Waals surface area contributed by atoms with Crippen LogP contribution in [0.4, 0.5) is 0 Å². The zero-order valence-corrected chi connectivity index (χ0v) is 11.8. The van der Waals surface area contributed by atoms with E-state index in [4.69, 9.17) is 5.11 Å². The number of sulfonamides is 1. The van der Waals surface area contributed by atoms with Gasteiger partial charge in [0.25, 0.3) is 0 Å². The summed E-state index contributed by atoms with van der Waals surface area (Å²) in [6.07, 6.45) is 0.623. The Kier molecular flexibility index (Phi) is 3.58. The van der Waals surface area contributed by atoms with Crippen LogP contribution >= 0.6 is 15.9 Å². The second-order valence-electron chi connectivity index (χ2n) is 4.35. The fourth-order valence-electron chi connectivity index (χ4n) is 1.76. The van der Waals surface area contributed by atoms with E-state index in [0.29, 0.717) is 12.8 Å². The average Bonchev–Trinajstić information content (AvgIpc) is 2.19. The number of hydrogen-bond donors (Lipinski definition) is 2. The third-order valence-corrected chi connectivity index (χ3v) is 5.28. The van der Waals surface area contributed by atoms with Crippen LogP contribution in [0.5, 0.6) is 0 Å². The second-order valence-corrected chi connectivity index (χ2v) is 6.92. The lowest BCUT2D eigenvalue weighted by atomic mass is 9.91. The van der Waals surface area contributed by atoms with Gasteiger partial charge in [-0.3, -0.25) is 0 Å². The highest BCUT2D eigenvalue weighted by atomic mass is 79.9. The molecule has 1 aliphatic carbocycles. The van der Waals surface area contributed by atoms with Gasteiger partial charge in [0.15, 0.2) is 0 Å². The molecule has 2 N–H and O–H groups in total. The molecular formula is C11H14BrNO3S. The third kappa shape index (κ3) is 2.88. The first-order chi connectivity index (χ1) is 7.88. The van der Waals surface area contributed by atoms with Crippen LogP contribution in [0.1, 0.15) is 18.4 Å². The molecule has 0 aliphatic heterocycles. The lowest BCUT2D eigenvalue weighted by molar-refractivity contribution is 0.0712. The largest absolute Gasteiger partial charge is 0.393 e. The summed E-state index contributed by atoms with van der Waals surface area (Å²) in [5, 5.41) is 9.13. The molecule has 94 valence electrons. The quantitative estimate of drug-likeness (QED) is 0.888. The molecule has 0 amide bonds. The summed E-state index contributed by atoms with van der Waals surface area (Å²) in [5.41, 5.74) is 0.876. The number of benzene rings is 1. The van der Waals surface area contributed by atoms with Crippen molar-refractivity contribution in [1.82, 2.24) is 4.72 Å². The number of aliphatic hydroxyl groups excluding tert-OH is 1. The van der Waals surface area contributed by atoms with Crippen molar-refractivity contribution >= 4 is 26.0 Å². The summed E-state index contributed by atoms with van der Waals surface area (Å²) < 4.78 is 27.5. The first-order valence-corrected chi connectivity index (χ1v) is 7.62. The lowest BCUT2D eigenvalue weighted by Gasteiger charge is -2.31. The summed E-state index contributed by atoms with van der Waals surface area (Å²) in [6, 6.07) is 4.77. The van der Waals surface area contributed by atoms with Gasteiger partial charge in [0.05, 0.1) is 11.0 Å². The highest BCUT2D eigenvalue weighted by Crippen LogP contribution is 2.24. The highest BCUT2D eigenvalue weighted by molar-refractivity contribution is 9.10. The van der Waals surface area contributed by atoms with Crippen molar-refractivity contribution in [2.75, 3.05) is 0 Å². The van der Waals surface area contributed by atoms with Crippen LogP contribution in [0.25, 0.3) is 0 Å². The van der Waals surface area contributed by atoms with Crippen LogP contribution < -0.4 is 4.72 Å². The van der Waals surface area contributed by atoms with E-state index in [9.17, 15) is 8.42 Å². The van der Waals surface area contributed by atoms with Gasteiger partial charge in [-0.05, 0) is 43.5 Å². The first-order valence-electron chi connectivity index (χ1n) is 5.35. The van der Waals surface area contributed by atoms with E-state index >= 15 is 0 Å². The lowest BCUT2D eigenvalue weighted by Crippen LogP contribution is -2.46. The first kappa shape index (κ1) is 13.0. The monoisotopic (exact) mass is 319 g/mol. The predicted octanol–water partition coefficient (Wildman–Crippen LogP) is 1.56. The molecule has 2 rings (SSSR count). The Bertz CT molecular complexity index is 524. The number of halogens is 1. The van der Waals surface area contributed by atoms with Gasteiger partial charge in [0.1, 0.15) is 0 Å². The average molecular weight is 320 g/mol. The molecule has 1 aliphatic rings. The van der Waals surface area contributed by atoms with E-state index in [1.54, 1.807) is 18.2 Å². The molecule has 1 aromatic carbocycles. The van der Waals surface area contributed by atoms with Crippen LogP contribution in [-0.4, -0.2) is 25.7 Å². The maximum Gasteiger partial charge on any atom is 0.240 e. The Morgan fingerprint density at radius 2 is 2.06 bits per heavy atom. The van der Waals surface area contributed by atoms with E-state index < -0.39 is 10.0 Å². The molecule has 0 atom stereocenters. The zero-order chi connectivity index (χ0) is 12.6. The van der Waals surface area contributed by atoms with Gasteiger partial charge in [0.2, 0.25) is 10.0 Å². The van der Waals surface area contributed by atoms with Gasteiger partial charge in [0, 0.05) is 10.5 Å². The van der Waals surface area contributed by atoms with Crippen LogP contribution in [-0.2, 0) is 10.0 Å². The Balaban J connectivity index is 2.17. The molecule has 0 saturated heterocycles. The molecular weight excluding hydrogens is 306 g/mol. The Labute approximate surface area is 109 Å². The smallest absolute Gasteiger partial charge is 0.240 e. The topological polar surface area (TPSA) is 66.4 Å². The minimum Gasteiger partial charge on any atom is -0.393 e. The van der Waals surface area contributed by atoms with E-state index in [2.05, 4.69) is 20.7 Å². The Morgan fingerprint density at radius 3 is 2.59 bits per heavy atom. The number of rotatable bonds is 3. The minimum atomic E-state index is -3.46. The standard InChI is InChI=1S/C11H14BrNO3S/c1-7-4-10(2-3-11(7)12)17(15,16)13-8-5-9(14)6-8/h2-4,8-9,13-14H,5-6H2,1H3. The molecule has 0 heterocycles. The van der Waals surface area contributed by atoms with Crippen LogP contribution in [0.3, 0.4) is 0 Å². The van der Waals surface area contributed by atoms with Crippen LogP contribution in [0.2, 0.25) is 0 Å². The molecule has 1 aromatic rings. The molecule has 0 spiro atoms. The van der Waals surface area contributed by atoms with Crippen molar-refractivity contribution in [2.45, 2.75) is 36.8 Å². The Morgan fingerprint density at radius 1 is 1.41 bits per heavy atom. The maximum atomic E-state index is 12.0. The minimum absolute atomic E-state index is 0.140. The molecule has 4 nitrogen and oxygen atoms in total. The molecule has 0 radical (unpaired) electrons. The zero-order valence-electron chi connectivity index (χ0n) is 9.35. The maximum absolute atomic E-state index is 12.0.